The van der Waals surface area contributed by atoms with E-state index in [-0.39, 0.29) is 0 Å². The van der Waals surface area contributed by atoms with E-state index in [0.717, 1.165) is 17.8 Å². The maximum Gasteiger partial charge on any atom is 0.127 e. The normalized spacial score (nSPS) is 49.5. The van der Waals surface area contributed by atoms with Crippen molar-refractivity contribution in [3.05, 3.63) is 0 Å². The zero-order valence-corrected chi connectivity index (χ0v) is 11.1. The van der Waals surface area contributed by atoms with Crippen LogP contribution in [0.2, 0.25) is 10.6 Å². The third-order valence-corrected chi connectivity index (χ3v) is 5.44. The summed E-state index contributed by atoms with van der Waals surface area (Å²) in [7, 11) is 2.76. The highest BCUT2D eigenvalue weighted by molar-refractivity contribution is 6.49. The van der Waals surface area contributed by atoms with Crippen molar-refractivity contribution in [3.63, 3.8) is 0 Å². The summed E-state index contributed by atoms with van der Waals surface area (Å²) in [5.74, 6) is 2.66. The fraction of sp³-hybridized carbons (Fsp3) is 1.00. The summed E-state index contributed by atoms with van der Waals surface area (Å²) < 4.78 is 0. The lowest BCUT2D eigenvalue weighted by molar-refractivity contribution is 0.201. The maximum absolute atomic E-state index is 2.76. The summed E-state index contributed by atoms with van der Waals surface area (Å²) in [5, 5.41) is 1.20. The number of fused-ring (bicyclic) bond motifs is 3. The Bertz CT molecular complexity index is 238. The Hall–Kier alpha value is 0.0649. The third-order valence-electron chi connectivity index (χ3n) is 5.44. The van der Waals surface area contributed by atoms with E-state index in [1.54, 1.807) is 0 Å². The number of hydrogen-bond acceptors (Lipinski definition) is 0. The molecule has 0 aromatic rings. The van der Waals surface area contributed by atoms with E-state index in [4.69, 9.17) is 0 Å². The molecule has 1 heteroatoms. The van der Waals surface area contributed by atoms with Crippen molar-refractivity contribution >= 4 is 7.28 Å². The summed E-state index contributed by atoms with van der Waals surface area (Å²) in [6.45, 7) is 12.2. The molecule has 3 aliphatic rings. The Balaban J connectivity index is 2.23. The van der Waals surface area contributed by atoms with Gasteiger partial charge in [-0.3, -0.25) is 0 Å². The van der Waals surface area contributed by atoms with E-state index in [0.29, 0.717) is 10.6 Å². The van der Waals surface area contributed by atoms with Gasteiger partial charge in [0.25, 0.3) is 0 Å². The van der Waals surface area contributed by atoms with Crippen molar-refractivity contribution in [3.8, 4) is 0 Å². The van der Waals surface area contributed by atoms with Crippen molar-refractivity contribution in [2.24, 2.45) is 17.8 Å². The zero-order chi connectivity index (χ0) is 11.3. The minimum atomic E-state index is 0.584. The van der Waals surface area contributed by atoms with Gasteiger partial charge in [0.05, 0.1) is 0 Å². The molecule has 0 aromatic heterocycles. The molecule has 2 heterocycles. The Morgan fingerprint density at radius 1 is 1.33 bits per heavy atom. The molecule has 0 N–H and O–H groups in total. The van der Waals surface area contributed by atoms with Crippen LogP contribution in [0.25, 0.3) is 0 Å². The molecule has 0 nitrogen and oxygen atoms in total. The third kappa shape index (κ3) is 1.57. The van der Waals surface area contributed by atoms with E-state index in [1.165, 1.54) is 25.7 Å². The summed E-state index contributed by atoms with van der Waals surface area (Å²) in [6.07, 6.45) is 5.72. The summed E-state index contributed by atoms with van der Waals surface area (Å²) in [4.78, 5) is 0. The molecule has 2 bridgehead atoms. The van der Waals surface area contributed by atoms with Crippen LogP contribution >= 0.6 is 0 Å². The van der Waals surface area contributed by atoms with Gasteiger partial charge in [0.2, 0.25) is 0 Å². The van der Waals surface area contributed by atoms with Gasteiger partial charge in [0, 0.05) is 0 Å². The Morgan fingerprint density at radius 3 is 2.40 bits per heavy atom. The second kappa shape index (κ2) is 3.53. The smallest absolute Gasteiger partial charge is 0.0655 e. The van der Waals surface area contributed by atoms with Gasteiger partial charge in [-0.2, -0.15) is 0 Å². The first kappa shape index (κ1) is 11.5. The molecule has 1 saturated carbocycles. The largest absolute Gasteiger partial charge is 0.127 e. The molecule has 4 unspecified atom stereocenters. The van der Waals surface area contributed by atoms with Crippen molar-refractivity contribution < 1.29 is 0 Å². The monoisotopic (exact) mass is 205 g/mol. The second-order valence-electron chi connectivity index (χ2n) is 6.75. The SMILES string of the molecule is CCC12[B]C(C(C)C)(C1)C(C)CC(C)C2. The minimum Gasteiger partial charge on any atom is -0.0655 e. The van der Waals surface area contributed by atoms with Gasteiger partial charge in [0.15, 0.2) is 0 Å². The van der Waals surface area contributed by atoms with Crippen LogP contribution in [0.3, 0.4) is 0 Å². The molecular weight excluding hydrogens is 179 g/mol. The fourth-order valence-electron chi connectivity index (χ4n) is 4.51. The lowest BCUT2D eigenvalue weighted by atomic mass is 9.20. The van der Waals surface area contributed by atoms with Gasteiger partial charge < -0.3 is 0 Å². The van der Waals surface area contributed by atoms with Gasteiger partial charge in [0.1, 0.15) is 7.28 Å². The Kier molecular flexibility index (Phi) is 2.72. The fourth-order valence-corrected chi connectivity index (χ4v) is 4.51. The van der Waals surface area contributed by atoms with Crippen LogP contribution in [-0.4, -0.2) is 7.28 Å². The lowest BCUT2D eigenvalue weighted by Gasteiger charge is -2.59. The van der Waals surface area contributed by atoms with Crippen molar-refractivity contribution in [1.82, 2.24) is 0 Å². The molecule has 2 aliphatic heterocycles. The predicted octanol–water partition coefficient (Wildman–Crippen LogP) is 4.54. The Labute approximate surface area is 96.5 Å². The lowest BCUT2D eigenvalue weighted by Crippen LogP contribution is -2.49. The van der Waals surface area contributed by atoms with Crippen molar-refractivity contribution in [2.45, 2.75) is 70.9 Å². The van der Waals surface area contributed by atoms with Crippen molar-refractivity contribution in [2.75, 3.05) is 0 Å². The molecule has 85 valence electrons. The van der Waals surface area contributed by atoms with Gasteiger partial charge in [-0.15, -0.1) is 0 Å². The molecule has 2 saturated heterocycles. The van der Waals surface area contributed by atoms with Gasteiger partial charge in [-0.05, 0) is 24.2 Å². The molecule has 1 aliphatic carbocycles. The van der Waals surface area contributed by atoms with E-state index in [2.05, 4.69) is 41.9 Å². The van der Waals surface area contributed by atoms with E-state index < -0.39 is 0 Å². The first-order chi connectivity index (χ1) is 6.94. The molecule has 0 spiro atoms. The van der Waals surface area contributed by atoms with Gasteiger partial charge in [-0.25, -0.2) is 0 Å². The maximum atomic E-state index is 2.76. The first-order valence-electron chi connectivity index (χ1n) is 6.81. The van der Waals surface area contributed by atoms with Crippen LogP contribution in [0.5, 0.6) is 0 Å². The minimum absolute atomic E-state index is 0.584. The van der Waals surface area contributed by atoms with Crippen LogP contribution in [0.1, 0.15) is 60.3 Å². The molecular formula is C14H26B. The zero-order valence-electron chi connectivity index (χ0n) is 11.1. The average Bonchev–Trinajstić information content (AvgIpc) is 2.25. The molecule has 4 atom stereocenters. The highest BCUT2D eigenvalue weighted by atomic mass is 14.5. The van der Waals surface area contributed by atoms with Crippen molar-refractivity contribution in [1.29, 1.82) is 0 Å². The Morgan fingerprint density at radius 2 is 1.93 bits per heavy atom. The van der Waals surface area contributed by atoms with E-state index >= 15 is 0 Å². The van der Waals surface area contributed by atoms with Crippen LogP contribution in [0, 0.1) is 17.8 Å². The van der Waals surface area contributed by atoms with E-state index in [9.17, 15) is 0 Å². The average molecular weight is 205 g/mol. The first-order valence-corrected chi connectivity index (χ1v) is 6.81. The quantitative estimate of drug-likeness (QED) is 0.580. The molecule has 0 amide bonds. The summed E-state index contributed by atoms with van der Waals surface area (Å²) in [5.41, 5.74) is 0. The van der Waals surface area contributed by atoms with Crippen LogP contribution < -0.4 is 0 Å². The standard InChI is InChI=1S/C14H26B/c1-6-13-8-11(4)7-12(5)14(9-13,15-13)10(2)3/h10-12H,6-9H2,1-5H3. The van der Waals surface area contributed by atoms with Crippen LogP contribution in [0.4, 0.5) is 0 Å². The summed E-state index contributed by atoms with van der Waals surface area (Å²) >= 11 is 0. The van der Waals surface area contributed by atoms with Gasteiger partial charge >= 0.3 is 0 Å². The van der Waals surface area contributed by atoms with E-state index in [1.807, 2.05) is 0 Å². The van der Waals surface area contributed by atoms with Gasteiger partial charge in [-0.1, -0.05) is 64.5 Å². The van der Waals surface area contributed by atoms with Crippen LogP contribution in [-0.2, 0) is 0 Å². The molecule has 15 heavy (non-hydrogen) atoms. The summed E-state index contributed by atoms with van der Waals surface area (Å²) in [6, 6.07) is 0. The predicted molar refractivity (Wildman–Crippen MR) is 68.4 cm³/mol. The number of rotatable bonds is 2. The topological polar surface area (TPSA) is 0 Å². The number of hydrogen-bond donors (Lipinski definition) is 0. The molecule has 3 fully saturated rings. The molecule has 3 rings (SSSR count). The highest BCUT2D eigenvalue weighted by Crippen LogP contribution is 2.72. The highest BCUT2D eigenvalue weighted by Gasteiger charge is 2.59. The second-order valence-corrected chi connectivity index (χ2v) is 6.75. The molecule has 0 aromatic carbocycles. The van der Waals surface area contributed by atoms with Crippen LogP contribution in [0.15, 0.2) is 0 Å². The molecule has 1 radical (unpaired) electrons.